The highest BCUT2D eigenvalue weighted by Crippen LogP contribution is 2.28. The van der Waals surface area contributed by atoms with E-state index in [0.29, 0.717) is 10.9 Å². The van der Waals surface area contributed by atoms with Gasteiger partial charge in [0.25, 0.3) is 0 Å². The Labute approximate surface area is 108 Å². The largest absolute Gasteiger partial charge is 0.321 e. The Bertz CT molecular complexity index is 464. The van der Waals surface area contributed by atoms with Crippen molar-refractivity contribution in [1.82, 2.24) is 0 Å². The number of rotatable bonds is 3. The topological polar surface area (TPSA) is 52.9 Å². The van der Waals surface area contributed by atoms with Crippen LogP contribution < -0.4 is 5.32 Å². The minimum atomic E-state index is -1.15. The number of anilines is 1. The van der Waals surface area contributed by atoms with Crippen LogP contribution in [-0.2, 0) is 4.79 Å². The van der Waals surface area contributed by atoms with Crippen LogP contribution in [0, 0.1) is 22.6 Å². The molecule has 0 bridgehead atoms. The summed E-state index contributed by atoms with van der Waals surface area (Å²) < 4.78 is 13.9. The zero-order chi connectivity index (χ0) is 13.1. The molecule has 1 unspecified atom stereocenters. The second-order valence-corrected chi connectivity index (χ2v) is 4.70. The highest BCUT2D eigenvalue weighted by Gasteiger charge is 2.32. The number of nitrogens with zero attached hydrogens (tertiary/aromatic N) is 1. The van der Waals surface area contributed by atoms with Gasteiger partial charge in [0, 0.05) is 4.47 Å². The maximum atomic E-state index is 13.5. The van der Waals surface area contributed by atoms with Crippen molar-refractivity contribution >= 4 is 27.5 Å². The van der Waals surface area contributed by atoms with Crippen LogP contribution in [0.1, 0.15) is 20.3 Å². The first-order chi connectivity index (χ1) is 7.94. The summed E-state index contributed by atoms with van der Waals surface area (Å²) in [5.41, 5.74) is -1.09. The Morgan fingerprint density at radius 2 is 2.29 bits per heavy atom. The molecule has 1 aromatic rings. The van der Waals surface area contributed by atoms with E-state index in [4.69, 9.17) is 5.26 Å². The molecule has 0 aliphatic carbocycles. The third-order valence-corrected chi connectivity index (χ3v) is 3.32. The number of amides is 1. The molecule has 0 spiro atoms. The fourth-order valence-corrected chi connectivity index (χ4v) is 1.60. The molecule has 5 heteroatoms. The summed E-state index contributed by atoms with van der Waals surface area (Å²) in [5.74, 6) is -1.04. The van der Waals surface area contributed by atoms with E-state index in [1.54, 1.807) is 13.0 Å². The van der Waals surface area contributed by atoms with E-state index in [1.165, 1.54) is 19.1 Å². The Morgan fingerprint density at radius 1 is 1.65 bits per heavy atom. The summed E-state index contributed by atoms with van der Waals surface area (Å²) in [5, 5.41) is 11.4. The predicted octanol–water partition coefficient (Wildman–Crippen LogP) is 3.47. The van der Waals surface area contributed by atoms with E-state index in [0.717, 1.165) is 0 Å². The molecule has 1 N–H and O–H groups in total. The lowest BCUT2D eigenvalue weighted by Crippen LogP contribution is -2.32. The summed E-state index contributed by atoms with van der Waals surface area (Å²) in [4.78, 5) is 11.9. The number of hydrogen-bond acceptors (Lipinski definition) is 2. The van der Waals surface area contributed by atoms with Gasteiger partial charge in [-0.25, -0.2) is 4.39 Å². The van der Waals surface area contributed by atoms with Gasteiger partial charge >= 0.3 is 0 Å². The maximum Gasteiger partial charge on any atom is 0.244 e. The minimum Gasteiger partial charge on any atom is -0.321 e. The second-order valence-electron chi connectivity index (χ2n) is 3.85. The molecule has 1 aromatic carbocycles. The second kappa shape index (κ2) is 5.28. The Kier molecular flexibility index (Phi) is 4.24. The molecule has 0 aromatic heterocycles. The van der Waals surface area contributed by atoms with Crippen molar-refractivity contribution in [1.29, 1.82) is 5.26 Å². The molecule has 1 atom stereocenters. The van der Waals surface area contributed by atoms with Crippen LogP contribution in [-0.4, -0.2) is 5.91 Å². The number of nitrogens with one attached hydrogen (secondary N) is 1. The molecule has 0 radical (unpaired) electrons. The van der Waals surface area contributed by atoms with E-state index in [1.807, 2.05) is 6.07 Å². The van der Waals surface area contributed by atoms with Gasteiger partial charge in [0.05, 0.1) is 11.8 Å². The summed E-state index contributed by atoms with van der Waals surface area (Å²) in [6.45, 7) is 3.26. The van der Waals surface area contributed by atoms with Gasteiger partial charge in [-0.05, 0) is 41.4 Å². The molecule has 90 valence electrons. The zero-order valence-corrected chi connectivity index (χ0v) is 11.1. The third-order valence-electron chi connectivity index (χ3n) is 2.66. The van der Waals surface area contributed by atoms with Gasteiger partial charge in [-0.3, -0.25) is 4.79 Å². The fraction of sp³-hybridized carbons (Fsp3) is 0.333. The van der Waals surface area contributed by atoms with Crippen molar-refractivity contribution in [3.63, 3.8) is 0 Å². The molecule has 0 aliphatic heterocycles. The maximum absolute atomic E-state index is 13.5. The van der Waals surface area contributed by atoms with Gasteiger partial charge in [0.2, 0.25) is 5.91 Å². The van der Waals surface area contributed by atoms with Gasteiger partial charge < -0.3 is 5.32 Å². The summed E-state index contributed by atoms with van der Waals surface area (Å²) in [6.07, 6.45) is 0.363. The predicted molar refractivity (Wildman–Crippen MR) is 66.7 cm³/mol. The number of halogens is 2. The Morgan fingerprint density at radius 3 is 2.76 bits per heavy atom. The van der Waals surface area contributed by atoms with Gasteiger partial charge in [-0.15, -0.1) is 0 Å². The SMILES string of the molecule is CCC(C)(C#N)C(=O)Nc1c(F)cccc1Br. The lowest BCUT2D eigenvalue weighted by Gasteiger charge is -2.19. The normalized spacial score (nSPS) is 13.6. The van der Waals surface area contributed by atoms with Crippen LogP contribution in [0.2, 0.25) is 0 Å². The standard InChI is InChI=1S/C12H12BrFN2O/c1-3-12(2,7-15)11(17)16-10-8(13)5-4-6-9(10)14/h4-6H,3H2,1-2H3,(H,16,17). The number of benzene rings is 1. The number of carbonyl (C=O) groups excluding carboxylic acids is 1. The van der Waals surface area contributed by atoms with Crippen molar-refractivity contribution in [2.45, 2.75) is 20.3 Å². The first-order valence-electron chi connectivity index (χ1n) is 5.11. The quantitative estimate of drug-likeness (QED) is 0.929. The van der Waals surface area contributed by atoms with Gasteiger partial charge in [-0.2, -0.15) is 5.26 Å². The number of nitriles is 1. The summed E-state index contributed by atoms with van der Waals surface area (Å²) in [6, 6.07) is 6.33. The van der Waals surface area contributed by atoms with Gasteiger partial charge in [0.15, 0.2) is 0 Å². The van der Waals surface area contributed by atoms with Gasteiger partial charge in [-0.1, -0.05) is 13.0 Å². The van der Waals surface area contributed by atoms with Crippen molar-refractivity contribution in [3.8, 4) is 6.07 Å². The lowest BCUT2D eigenvalue weighted by atomic mass is 9.88. The average Bonchev–Trinajstić information content (AvgIpc) is 2.32. The highest BCUT2D eigenvalue weighted by atomic mass is 79.9. The van der Waals surface area contributed by atoms with E-state index in [2.05, 4.69) is 21.2 Å². The van der Waals surface area contributed by atoms with E-state index in [-0.39, 0.29) is 5.69 Å². The smallest absolute Gasteiger partial charge is 0.244 e. The van der Waals surface area contributed by atoms with E-state index >= 15 is 0 Å². The average molecular weight is 299 g/mol. The molecule has 1 rings (SSSR count). The third kappa shape index (κ3) is 2.83. The molecule has 0 aliphatic rings. The minimum absolute atomic E-state index is 0.0624. The van der Waals surface area contributed by atoms with Crippen LogP contribution in [0.3, 0.4) is 0 Å². The van der Waals surface area contributed by atoms with E-state index in [9.17, 15) is 9.18 Å². The molecule has 3 nitrogen and oxygen atoms in total. The molecule has 0 saturated carbocycles. The molecular weight excluding hydrogens is 287 g/mol. The summed E-state index contributed by atoms with van der Waals surface area (Å²) >= 11 is 3.15. The molecule has 0 heterocycles. The Balaban J connectivity index is 3.01. The number of hydrogen-bond donors (Lipinski definition) is 1. The monoisotopic (exact) mass is 298 g/mol. The van der Waals surface area contributed by atoms with Crippen molar-refractivity contribution in [3.05, 3.63) is 28.5 Å². The first-order valence-corrected chi connectivity index (χ1v) is 5.90. The fourth-order valence-electron chi connectivity index (χ4n) is 1.16. The number of carbonyl (C=O) groups is 1. The van der Waals surface area contributed by atoms with Crippen LogP contribution in [0.4, 0.5) is 10.1 Å². The summed E-state index contributed by atoms with van der Waals surface area (Å²) in [7, 11) is 0. The van der Waals surface area contributed by atoms with Crippen molar-refractivity contribution < 1.29 is 9.18 Å². The molecule has 0 fully saturated rings. The van der Waals surface area contributed by atoms with Crippen molar-refractivity contribution in [2.24, 2.45) is 5.41 Å². The molecule has 1 amide bonds. The van der Waals surface area contributed by atoms with Gasteiger partial charge in [0.1, 0.15) is 11.2 Å². The van der Waals surface area contributed by atoms with Crippen LogP contribution in [0.15, 0.2) is 22.7 Å². The first kappa shape index (κ1) is 13.7. The van der Waals surface area contributed by atoms with E-state index < -0.39 is 17.1 Å². The zero-order valence-electron chi connectivity index (χ0n) is 9.55. The molecule has 0 saturated heterocycles. The number of para-hydroxylation sites is 1. The molecule has 17 heavy (non-hydrogen) atoms. The Hall–Kier alpha value is -1.41. The highest BCUT2D eigenvalue weighted by molar-refractivity contribution is 9.10. The molecular formula is C12H12BrFN2O. The van der Waals surface area contributed by atoms with Crippen LogP contribution in [0.25, 0.3) is 0 Å². The van der Waals surface area contributed by atoms with Crippen LogP contribution >= 0.6 is 15.9 Å². The lowest BCUT2D eigenvalue weighted by molar-refractivity contribution is -0.122. The van der Waals surface area contributed by atoms with Crippen LogP contribution in [0.5, 0.6) is 0 Å². The van der Waals surface area contributed by atoms with Crippen molar-refractivity contribution in [2.75, 3.05) is 5.32 Å².